The Morgan fingerprint density at radius 1 is 1.31 bits per heavy atom. The molecule has 1 saturated carbocycles. The zero-order valence-corrected chi connectivity index (χ0v) is 15.9. The minimum Gasteiger partial charge on any atom is -0.356 e. The molecular weight excluding hydrogens is 324 g/mol. The third-order valence-electron chi connectivity index (χ3n) is 5.12. The molecule has 1 aliphatic carbocycles. The van der Waals surface area contributed by atoms with Crippen LogP contribution in [0.25, 0.3) is 5.82 Å². The largest absolute Gasteiger partial charge is 0.356 e. The Hall–Kier alpha value is -2.37. The zero-order chi connectivity index (χ0) is 18.2. The first kappa shape index (κ1) is 18.4. The van der Waals surface area contributed by atoms with Crippen LogP contribution in [0.3, 0.4) is 0 Å². The molecule has 0 amide bonds. The van der Waals surface area contributed by atoms with Crippen molar-refractivity contribution in [1.29, 1.82) is 0 Å². The maximum atomic E-state index is 4.36. The molecular formula is C20H30N6. The van der Waals surface area contributed by atoms with Crippen molar-refractivity contribution in [1.82, 2.24) is 25.4 Å². The number of aromatic nitrogens is 3. The number of rotatable bonds is 6. The lowest BCUT2D eigenvalue weighted by molar-refractivity contribution is 0.270. The van der Waals surface area contributed by atoms with E-state index in [0.717, 1.165) is 35.7 Å². The quantitative estimate of drug-likeness (QED) is 0.618. The molecule has 6 heteroatoms. The van der Waals surface area contributed by atoms with Crippen LogP contribution in [0.5, 0.6) is 0 Å². The van der Waals surface area contributed by atoms with E-state index in [9.17, 15) is 0 Å². The topological polar surface area (TPSA) is 67.1 Å². The van der Waals surface area contributed by atoms with Crippen molar-refractivity contribution in [3.63, 3.8) is 0 Å². The Labute approximate surface area is 156 Å². The normalized spacial score (nSPS) is 20.8. The van der Waals surface area contributed by atoms with Crippen LogP contribution in [0.4, 0.5) is 0 Å². The van der Waals surface area contributed by atoms with E-state index in [-0.39, 0.29) is 0 Å². The summed E-state index contributed by atoms with van der Waals surface area (Å²) in [6.07, 6.45) is 12.2. The first-order valence-electron chi connectivity index (χ1n) is 9.64. The maximum Gasteiger partial charge on any atom is 0.191 e. The van der Waals surface area contributed by atoms with Crippen molar-refractivity contribution in [2.45, 2.75) is 45.6 Å². The van der Waals surface area contributed by atoms with Crippen LogP contribution >= 0.6 is 0 Å². The van der Waals surface area contributed by atoms with Crippen molar-refractivity contribution in [3.05, 3.63) is 42.4 Å². The number of aliphatic imine (C=N–C) groups is 1. The van der Waals surface area contributed by atoms with Crippen molar-refractivity contribution < 1.29 is 0 Å². The average Bonchev–Trinajstić information content (AvgIpc) is 3.20. The van der Waals surface area contributed by atoms with Gasteiger partial charge in [-0.3, -0.25) is 4.99 Å². The van der Waals surface area contributed by atoms with Gasteiger partial charge in [0.1, 0.15) is 0 Å². The second-order valence-corrected chi connectivity index (χ2v) is 7.25. The summed E-state index contributed by atoms with van der Waals surface area (Å²) < 4.78 is 1.77. The number of nitrogens with zero attached hydrogens (tertiary/aromatic N) is 4. The number of pyridine rings is 1. The van der Waals surface area contributed by atoms with Gasteiger partial charge in [0.15, 0.2) is 11.8 Å². The summed E-state index contributed by atoms with van der Waals surface area (Å²) in [6.45, 7) is 4.06. The van der Waals surface area contributed by atoms with Crippen LogP contribution in [0.15, 0.2) is 41.8 Å². The van der Waals surface area contributed by atoms with E-state index in [2.05, 4.69) is 32.6 Å². The molecule has 3 rings (SSSR count). The molecule has 140 valence electrons. The SMILES string of the molecule is CN=C(NCCC1CCCC(C)C1)NCc1ccnc(-n2cccn2)c1. The third-order valence-corrected chi connectivity index (χ3v) is 5.12. The van der Waals surface area contributed by atoms with Gasteiger partial charge < -0.3 is 10.6 Å². The van der Waals surface area contributed by atoms with Crippen molar-refractivity contribution in [2.75, 3.05) is 13.6 Å². The Bertz CT molecular complexity index is 694. The van der Waals surface area contributed by atoms with Crippen molar-refractivity contribution >= 4 is 5.96 Å². The summed E-state index contributed by atoms with van der Waals surface area (Å²) in [5.74, 6) is 3.43. The lowest BCUT2D eigenvalue weighted by Crippen LogP contribution is -2.38. The Morgan fingerprint density at radius 3 is 3.00 bits per heavy atom. The molecule has 2 aromatic heterocycles. The van der Waals surface area contributed by atoms with Crippen LogP contribution in [0.1, 0.15) is 44.6 Å². The zero-order valence-electron chi connectivity index (χ0n) is 15.9. The fraction of sp³-hybridized carbons (Fsp3) is 0.550. The van der Waals surface area contributed by atoms with Crippen LogP contribution in [0, 0.1) is 11.8 Å². The molecule has 2 atom stereocenters. The molecule has 0 aromatic carbocycles. The predicted molar refractivity (Wildman–Crippen MR) is 105 cm³/mol. The van der Waals surface area contributed by atoms with Gasteiger partial charge in [-0.15, -0.1) is 0 Å². The first-order valence-corrected chi connectivity index (χ1v) is 9.64. The van der Waals surface area contributed by atoms with Gasteiger partial charge in [-0.2, -0.15) is 5.10 Å². The monoisotopic (exact) mass is 354 g/mol. The summed E-state index contributed by atoms with van der Waals surface area (Å²) in [5, 5.41) is 11.1. The molecule has 0 bridgehead atoms. The van der Waals surface area contributed by atoms with E-state index in [0.29, 0.717) is 6.54 Å². The van der Waals surface area contributed by atoms with Gasteiger partial charge in [0.05, 0.1) is 0 Å². The van der Waals surface area contributed by atoms with Gasteiger partial charge in [0.2, 0.25) is 0 Å². The van der Waals surface area contributed by atoms with E-state index in [1.807, 2.05) is 37.6 Å². The first-order chi connectivity index (χ1) is 12.7. The summed E-state index contributed by atoms with van der Waals surface area (Å²) in [5.41, 5.74) is 1.15. The smallest absolute Gasteiger partial charge is 0.191 e. The summed E-state index contributed by atoms with van der Waals surface area (Å²) >= 11 is 0. The molecule has 2 heterocycles. The van der Waals surface area contributed by atoms with Gasteiger partial charge in [0.25, 0.3) is 0 Å². The Balaban J connectivity index is 1.45. The predicted octanol–water partition coefficient (Wildman–Crippen LogP) is 3.15. The standard InChI is InChI=1S/C20H30N6/c1-16-5-3-6-17(13-16)7-11-23-20(21-2)24-15-18-8-10-22-19(14-18)26-12-4-9-25-26/h4,8-10,12,14,16-17H,3,5-7,11,13,15H2,1-2H3,(H2,21,23,24). The van der Waals surface area contributed by atoms with Crippen LogP contribution < -0.4 is 10.6 Å². The number of hydrogen-bond acceptors (Lipinski definition) is 3. The fourth-order valence-corrected chi connectivity index (χ4v) is 3.72. The van der Waals surface area contributed by atoms with Crippen molar-refractivity contribution in [3.8, 4) is 5.82 Å². The highest BCUT2D eigenvalue weighted by atomic mass is 15.3. The maximum absolute atomic E-state index is 4.36. The van der Waals surface area contributed by atoms with Gasteiger partial charge in [0, 0.05) is 38.7 Å². The van der Waals surface area contributed by atoms with Crippen molar-refractivity contribution in [2.24, 2.45) is 16.8 Å². The lowest BCUT2D eigenvalue weighted by atomic mass is 9.81. The summed E-state index contributed by atoms with van der Waals surface area (Å²) in [4.78, 5) is 8.70. The Morgan fingerprint density at radius 2 is 2.23 bits per heavy atom. The van der Waals surface area contributed by atoms with Crippen LogP contribution in [0.2, 0.25) is 0 Å². The lowest BCUT2D eigenvalue weighted by Gasteiger charge is -2.26. The number of guanidine groups is 1. The minimum atomic E-state index is 0.705. The number of hydrogen-bond donors (Lipinski definition) is 2. The molecule has 0 radical (unpaired) electrons. The second-order valence-electron chi connectivity index (χ2n) is 7.25. The molecule has 1 aliphatic rings. The summed E-state index contributed by atoms with van der Waals surface area (Å²) in [7, 11) is 1.82. The van der Waals surface area contributed by atoms with Gasteiger partial charge in [-0.25, -0.2) is 9.67 Å². The van der Waals surface area contributed by atoms with Crippen LogP contribution in [-0.4, -0.2) is 34.3 Å². The van der Waals surface area contributed by atoms with E-state index >= 15 is 0 Å². The van der Waals surface area contributed by atoms with Gasteiger partial charge >= 0.3 is 0 Å². The molecule has 2 N–H and O–H groups in total. The molecule has 0 saturated heterocycles. The second kappa shape index (κ2) is 9.36. The highest BCUT2D eigenvalue weighted by molar-refractivity contribution is 5.79. The molecule has 2 aromatic rings. The van der Waals surface area contributed by atoms with Gasteiger partial charge in [-0.05, 0) is 48.4 Å². The Kier molecular flexibility index (Phi) is 6.63. The molecule has 0 aliphatic heterocycles. The van der Waals surface area contributed by atoms with E-state index < -0.39 is 0 Å². The molecule has 0 spiro atoms. The van der Waals surface area contributed by atoms with E-state index in [4.69, 9.17) is 0 Å². The molecule has 26 heavy (non-hydrogen) atoms. The highest BCUT2D eigenvalue weighted by Gasteiger charge is 2.18. The third kappa shape index (κ3) is 5.31. The summed E-state index contributed by atoms with van der Waals surface area (Å²) in [6, 6.07) is 5.94. The molecule has 1 fully saturated rings. The highest BCUT2D eigenvalue weighted by Crippen LogP contribution is 2.30. The molecule has 2 unspecified atom stereocenters. The fourth-order valence-electron chi connectivity index (χ4n) is 3.72. The number of nitrogens with one attached hydrogen (secondary N) is 2. The van der Waals surface area contributed by atoms with Gasteiger partial charge in [-0.1, -0.05) is 26.2 Å². The minimum absolute atomic E-state index is 0.705. The van der Waals surface area contributed by atoms with Crippen LogP contribution in [-0.2, 0) is 6.54 Å². The molecule has 6 nitrogen and oxygen atoms in total. The van der Waals surface area contributed by atoms with E-state index in [1.54, 1.807) is 10.9 Å². The van der Waals surface area contributed by atoms with E-state index in [1.165, 1.54) is 32.1 Å². The average molecular weight is 355 g/mol.